The maximum absolute atomic E-state index is 12.0. The van der Waals surface area contributed by atoms with E-state index >= 15 is 0 Å². The molecule has 1 N–H and O–H groups in total. The van der Waals surface area contributed by atoms with Gasteiger partial charge >= 0.3 is 5.97 Å². The Bertz CT molecular complexity index is 776. The highest BCUT2D eigenvalue weighted by molar-refractivity contribution is 6.30. The zero-order valence-corrected chi connectivity index (χ0v) is 15.1. The Morgan fingerprint density at radius 3 is 2.60 bits per heavy atom. The number of nitrogens with one attached hydrogen (secondary N) is 1. The van der Waals surface area contributed by atoms with Crippen LogP contribution >= 0.6 is 11.6 Å². The number of carbonyl (C=O) groups excluding carboxylic acids is 2. The molecule has 0 spiro atoms. The van der Waals surface area contributed by atoms with Gasteiger partial charge in [-0.3, -0.25) is 4.79 Å². The second-order valence-electron chi connectivity index (χ2n) is 5.69. The second kappa shape index (κ2) is 8.53. The van der Waals surface area contributed by atoms with Gasteiger partial charge in [-0.1, -0.05) is 23.7 Å². The first kappa shape index (κ1) is 18.8. The van der Waals surface area contributed by atoms with Crippen molar-refractivity contribution in [2.75, 3.05) is 11.9 Å². The lowest BCUT2D eigenvalue weighted by Gasteiger charge is -2.14. The molecule has 2 aromatic rings. The molecule has 0 radical (unpaired) electrons. The summed E-state index contributed by atoms with van der Waals surface area (Å²) < 4.78 is 10.5. The number of aryl methyl sites for hydroxylation is 2. The van der Waals surface area contributed by atoms with Crippen LogP contribution in [0.3, 0.4) is 0 Å². The van der Waals surface area contributed by atoms with Gasteiger partial charge in [-0.05, 0) is 62.2 Å². The predicted molar refractivity (Wildman–Crippen MR) is 97.0 cm³/mol. The van der Waals surface area contributed by atoms with Crippen LogP contribution in [-0.2, 0) is 14.3 Å². The smallest absolute Gasteiger partial charge is 0.347 e. The summed E-state index contributed by atoms with van der Waals surface area (Å²) in [5, 5.41) is 3.26. The van der Waals surface area contributed by atoms with Gasteiger partial charge in [-0.15, -0.1) is 0 Å². The largest absolute Gasteiger partial charge is 0.479 e. The molecule has 25 heavy (non-hydrogen) atoms. The topological polar surface area (TPSA) is 64.6 Å². The molecule has 2 aromatic carbocycles. The highest BCUT2D eigenvalue weighted by atomic mass is 35.5. The number of carbonyl (C=O) groups is 2. The predicted octanol–water partition coefficient (Wildman–Crippen LogP) is 3.91. The van der Waals surface area contributed by atoms with Crippen LogP contribution in [0, 0.1) is 13.8 Å². The van der Waals surface area contributed by atoms with Gasteiger partial charge < -0.3 is 14.8 Å². The van der Waals surface area contributed by atoms with Gasteiger partial charge in [0.25, 0.3) is 5.91 Å². The van der Waals surface area contributed by atoms with E-state index in [1.54, 1.807) is 31.2 Å². The van der Waals surface area contributed by atoms with Crippen molar-refractivity contribution in [3.63, 3.8) is 0 Å². The Morgan fingerprint density at radius 1 is 1.16 bits per heavy atom. The normalized spacial score (nSPS) is 11.5. The molecule has 0 fully saturated rings. The van der Waals surface area contributed by atoms with Crippen LogP contribution in [0.2, 0.25) is 5.02 Å². The number of halogens is 1. The molecule has 2 rings (SSSR count). The number of anilines is 1. The van der Waals surface area contributed by atoms with E-state index in [-0.39, 0.29) is 6.61 Å². The molecule has 0 bridgehead atoms. The van der Waals surface area contributed by atoms with E-state index in [1.165, 1.54) is 0 Å². The standard InChI is InChI=1S/C19H20ClNO4/c1-12-5-4-6-16(9-12)25-14(3)19(23)24-11-18(22)21-17-8-7-15(20)10-13(17)2/h4-10,14H,11H2,1-3H3,(H,21,22)/t14-/m1/s1. The molecule has 0 aliphatic carbocycles. The fourth-order valence-corrected chi connectivity index (χ4v) is 2.38. The summed E-state index contributed by atoms with van der Waals surface area (Å²) in [5.74, 6) is -0.461. The minimum absolute atomic E-state index is 0.386. The molecular weight excluding hydrogens is 342 g/mol. The third-order valence-corrected chi connectivity index (χ3v) is 3.68. The molecule has 0 unspecified atom stereocenters. The molecule has 1 amide bonds. The van der Waals surface area contributed by atoms with Gasteiger partial charge in [-0.2, -0.15) is 0 Å². The number of hydrogen-bond donors (Lipinski definition) is 1. The van der Waals surface area contributed by atoms with Gasteiger partial charge in [0.15, 0.2) is 12.7 Å². The lowest BCUT2D eigenvalue weighted by atomic mass is 10.2. The van der Waals surface area contributed by atoms with Gasteiger partial charge in [0.1, 0.15) is 5.75 Å². The van der Waals surface area contributed by atoms with Crippen molar-refractivity contribution in [3.8, 4) is 5.75 Å². The fourth-order valence-electron chi connectivity index (χ4n) is 2.15. The molecule has 0 saturated heterocycles. The number of benzene rings is 2. The second-order valence-corrected chi connectivity index (χ2v) is 6.13. The van der Waals surface area contributed by atoms with Crippen molar-refractivity contribution >= 4 is 29.2 Å². The molecule has 0 aromatic heterocycles. The Hall–Kier alpha value is -2.53. The van der Waals surface area contributed by atoms with Gasteiger partial charge in [-0.25, -0.2) is 4.79 Å². The molecule has 0 aliphatic heterocycles. The van der Waals surface area contributed by atoms with E-state index in [0.29, 0.717) is 16.5 Å². The van der Waals surface area contributed by atoms with E-state index < -0.39 is 18.0 Å². The zero-order valence-electron chi connectivity index (χ0n) is 14.3. The molecule has 1 atom stereocenters. The Labute approximate surface area is 151 Å². The van der Waals surface area contributed by atoms with E-state index in [0.717, 1.165) is 11.1 Å². The summed E-state index contributed by atoms with van der Waals surface area (Å²) in [5.41, 5.74) is 2.47. The van der Waals surface area contributed by atoms with Crippen LogP contribution in [0.5, 0.6) is 5.75 Å². The Kier molecular flexibility index (Phi) is 6.42. The van der Waals surface area contributed by atoms with Crippen molar-refractivity contribution < 1.29 is 19.1 Å². The summed E-state index contributed by atoms with van der Waals surface area (Å²) in [6.45, 7) is 4.94. The zero-order chi connectivity index (χ0) is 18.4. The highest BCUT2D eigenvalue weighted by Gasteiger charge is 2.18. The number of hydrogen-bond acceptors (Lipinski definition) is 4. The molecule has 0 saturated carbocycles. The van der Waals surface area contributed by atoms with Crippen molar-refractivity contribution in [1.29, 1.82) is 0 Å². The summed E-state index contributed by atoms with van der Waals surface area (Å²) in [6, 6.07) is 12.5. The molecule has 132 valence electrons. The molecule has 0 heterocycles. The van der Waals surface area contributed by atoms with E-state index in [1.807, 2.05) is 32.0 Å². The summed E-state index contributed by atoms with van der Waals surface area (Å²) in [6.07, 6.45) is -0.813. The lowest BCUT2D eigenvalue weighted by Crippen LogP contribution is -2.29. The van der Waals surface area contributed by atoms with Crippen LogP contribution in [0.15, 0.2) is 42.5 Å². The van der Waals surface area contributed by atoms with Crippen molar-refractivity contribution in [3.05, 3.63) is 58.6 Å². The van der Waals surface area contributed by atoms with Gasteiger partial charge in [0.2, 0.25) is 0 Å². The minimum atomic E-state index is -0.813. The van der Waals surface area contributed by atoms with Crippen LogP contribution in [0.1, 0.15) is 18.1 Å². The quantitative estimate of drug-likeness (QED) is 0.792. The first-order valence-electron chi connectivity index (χ1n) is 7.81. The number of ether oxygens (including phenoxy) is 2. The first-order chi connectivity index (χ1) is 11.8. The van der Waals surface area contributed by atoms with Crippen molar-refractivity contribution in [2.45, 2.75) is 26.9 Å². The number of amides is 1. The number of esters is 1. The lowest BCUT2D eigenvalue weighted by molar-refractivity contribution is -0.153. The number of rotatable bonds is 6. The highest BCUT2D eigenvalue weighted by Crippen LogP contribution is 2.19. The van der Waals surface area contributed by atoms with Crippen LogP contribution in [0.25, 0.3) is 0 Å². The molecule has 0 aliphatic rings. The van der Waals surface area contributed by atoms with E-state index in [9.17, 15) is 9.59 Å². The SMILES string of the molecule is Cc1cccc(O[C@H](C)C(=O)OCC(=O)Nc2ccc(Cl)cc2C)c1. The monoisotopic (exact) mass is 361 g/mol. The summed E-state index contributed by atoms with van der Waals surface area (Å²) >= 11 is 5.87. The van der Waals surface area contributed by atoms with E-state index in [2.05, 4.69) is 5.32 Å². The fraction of sp³-hybridized carbons (Fsp3) is 0.263. The third kappa shape index (κ3) is 5.80. The van der Waals surface area contributed by atoms with Crippen LogP contribution in [-0.4, -0.2) is 24.6 Å². The average molecular weight is 362 g/mol. The molecule has 6 heteroatoms. The van der Waals surface area contributed by atoms with Crippen molar-refractivity contribution in [1.82, 2.24) is 0 Å². The summed E-state index contributed by atoms with van der Waals surface area (Å²) in [4.78, 5) is 23.9. The third-order valence-electron chi connectivity index (χ3n) is 3.44. The molecular formula is C19H20ClNO4. The summed E-state index contributed by atoms with van der Waals surface area (Å²) in [7, 11) is 0. The Morgan fingerprint density at radius 2 is 1.92 bits per heavy atom. The Balaban J connectivity index is 1.83. The first-order valence-corrected chi connectivity index (χ1v) is 8.19. The van der Waals surface area contributed by atoms with E-state index in [4.69, 9.17) is 21.1 Å². The van der Waals surface area contributed by atoms with Gasteiger partial charge in [0.05, 0.1) is 0 Å². The maximum atomic E-state index is 12.0. The van der Waals surface area contributed by atoms with Crippen LogP contribution in [0.4, 0.5) is 5.69 Å². The average Bonchev–Trinajstić information content (AvgIpc) is 2.55. The van der Waals surface area contributed by atoms with Crippen LogP contribution < -0.4 is 10.1 Å². The van der Waals surface area contributed by atoms with Gasteiger partial charge in [0, 0.05) is 10.7 Å². The minimum Gasteiger partial charge on any atom is -0.479 e. The maximum Gasteiger partial charge on any atom is 0.347 e. The molecule has 5 nitrogen and oxygen atoms in total. The van der Waals surface area contributed by atoms with Crippen molar-refractivity contribution in [2.24, 2.45) is 0 Å².